The average Bonchev–Trinajstić information content (AvgIpc) is 2.45. The van der Waals surface area contributed by atoms with Crippen LogP contribution in [0.2, 0.25) is 0 Å². The number of alkyl halides is 3. The van der Waals surface area contributed by atoms with Crippen molar-refractivity contribution in [3.8, 4) is 0 Å². The Balaban J connectivity index is 2.16. The Bertz CT molecular complexity index is 666. The minimum atomic E-state index is -4.48. The van der Waals surface area contributed by atoms with Gasteiger partial charge in [-0.2, -0.15) is 13.2 Å². The second-order valence-electron chi connectivity index (χ2n) is 6.36. The molecule has 0 saturated carbocycles. The second-order valence-corrected chi connectivity index (χ2v) is 8.10. The molecule has 130 valence electrons. The topological polar surface area (TPSA) is 58.2 Å². The normalized spacial score (nSPS) is 18.8. The van der Waals surface area contributed by atoms with Crippen molar-refractivity contribution < 1.29 is 21.6 Å². The number of piperidine rings is 1. The third kappa shape index (κ3) is 4.45. The van der Waals surface area contributed by atoms with Crippen molar-refractivity contribution in [2.75, 3.05) is 19.6 Å². The number of sulfonamides is 1. The van der Waals surface area contributed by atoms with E-state index in [4.69, 9.17) is 0 Å². The van der Waals surface area contributed by atoms with Crippen molar-refractivity contribution in [3.63, 3.8) is 0 Å². The van der Waals surface area contributed by atoms with Gasteiger partial charge in [0, 0.05) is 6.54 Å². The lowest BCUT2D eigenvalue weighted by Crippen LogP contribution is -2.42. The van der Waals surface area contributed by atoms with Gasteiger partial charge in [0.2, 0.25) is 10.0 Å². The number of rotatable bonds is 4. The minimum absolute atomic E-state index is 0.0859. The van der Waals surface area contributed by atoms with Crippen molar-refractivity contribution in [3.05, 3.63) is 29.3 Å². The van der Waals surface area contributed by atoms with Crippen LogP contribution in [-0.2, 0) is 16.2 Å². The van der Waals surface area contributed by atoms with E-state index in [1.807, 2.05) is 6.92 Å². The van der Waals surface area contributed by atoms with Crippen LogP contribution in [0, 0.1) is 12.3 Å². The van der Waals surface area contributed by atoms with Crippen LogP contribution >= 0.6 is 0 Å². The van der Waals surface area contributed by atoms with E-state index in [1.54, 1.807) is 0 Å². The fourth-order valence-electron chi connectivity index (χ4n) is 2.68. The predicted molar refractivity (Wildman–Crippen MR) is 81.6 cm³/mol. The molecular weight excluding hydrogens is 329 g/mol. The van der Waals surface area contributed by atoms with Crippen molar-refractivity contribution in [2.45, 2.75) is 37.8 Å². The minimum Gasteiger partial charge on any atom is -0.317 e. The summed E-state index contributed by atoms with van der Waals surface area (Å²) in [5.74, 6) is 0. The van der Waals surface area contributed by atoms with Crippen LogP contribution in [0.15, 0.2) is 23.1 Å². The molecule has 1 aliphatic rings. The maximum Gasteiger partial charge on any atom is 0.416 e. The van der Waals surface area contributed by atoms with E-state index < -0.39 is 21.8 Å². The zero-order valence-corrected chi connectivity index (χ0v) is 13.9. The van der Waals surface area contributed by atoms with E-state index in [0.717, 1.165) is 44.1 Å². The molecule has 0 aromatic heterocycles. The molecule has 0 amide bonds. The first kappa shape index (κ1) is 18.2. The van der Waals surface area contributed by atoms with Gasteiger partial charge in [-0.1, -0.05) is 6.92 Å². The maximum absolute atomic E-state index is 12.7. The lowest BCUT2D eigenvalue weighted by atomic mass is 9.81. The highest BCUT2D eigenvalue weighted by atomic mass is 32.2. The fourth-order valence-corrected chi connectivity index (χ4v) is 4.11. The molecule has 1 aromatic rings. The highest BCUT2D eigenvalue weighted by Crippen LogP contribution is 2.32. The summed E-state index contributed by atoms with van der Waals surface area (Å²) in [5.41, 5.74) is -0.903. The molecule has 1 heterocycles. The largest absolute Gasteiger partial charge is 0.416 e. The third-order valence-corrected chi connectivity index (χ3v) is 5.85. The van der Waals surface area contributed by atoms with E-state index in [1.165, 1.54) is 6.92 Å². The van der Waals surface area contributed by atoms with Gasteiger partial charge in [-0.15, -0.1) is 0 Å². The summed E-state index contributed by atoms with van der Waals surface area (Å²) in [4.78, 5) is -0.108. The average molecular weight is 350 g/mol. The van der Waals surface area contributed by atoms with Gasteiger partial charge in [0.15, 0.2) is 0 Å². The van der Waals surface area contributed by atoms with E-state index in [2.05, 4.69) is 10.0 Å². The predicted octanol–water partition coefficient (Wildman–Crippen LogP) is 2.68. The number of aryl methyl sites for hydroxylation is 1. The van der Waals surface area contributed by atoms with Crippen molar-refractivity contribution >= 4 is 10.0 Å². The van der Waals surface area contributed by atoms with E-state index >= 15 is 0 Å². The molecule has 4 nitrogen and oxygen atoms in total. The standard InChI is InChI=1S/C15H21F3N2O2S/c1-11-9-12(15(16,17)18)3-4-13(11)23(21,22)20-10-14(2)5-7-19-8-6-14/h3-4,9,19-20H,5-8,10H2,1-2H3. The van der Waals surface area contributed by atoms with Crippen molar-refractivity contribution in [1.29, 1.82) is 0 Å². The smallest absolute Gasteiger partial charge is 0.317 e. The van der Waals surface area contributed by atoms with Gasteiger partial charge in [-0.05, 0) is 62.0 Å². The van der Waals surface area contributed by atoms with Gasteiger partial charge in [-0.3, -0.25) is 0 Å². The van der Waals surface area contributed by atoms with Gasteiger partial charge < -0.3 is 5.32 Å². The summed E-state index contributed by atoms with van der Waals surface area (Å²) >= 11 is 0. The Labute approximate surface area is 134 Å². The maximum atomic E-state index is 12.7. The zero-order chi connectivity index (χ0) is 17.3. The number of nitrogens with one attached hydrogen (secondary N) is 2. The van der Waals surface area contributed by atoms with Crippen LogP contribution in [-0.4, -0.2) is 28.1 Å². The van der Waals surface area contributed by atoms with E-state index in [9.17, 15) is 21.6 Å². The van der Waals surface area contributed by atoms with Crippen molar-refractivity contribution in [2.24, 2.45) is 5.41 Å². The molecule has 2 rings (SSSR count). The van der Waals surface area contributed by atoms with Crippen LogP contribution in [0.4, 0.5) is 13.2 Å². The molecule has 0 aliphatic carbocycles. The summed E-state index contributed by atoms with van der Waals surface area (Å²) < 4.78 is 65.3. The molecule has 0 radical (unpaired) electrons. The van der Waals surface area contributed by atoms with Crippen molar-refractivity contribution in [1.82, 2.24) is 10.0 Å². The van der Waals surface area contributed by atoms with Gasteiger partial charge in [0.05, 0.1) is 10.5 Å². The molecule has 0 bridgehead atoms. The number of hydrogen-bond acceptors (Lipinski definition) is 3. The highest BCUT2D eigenvalue weighted by molar-refractivity contribution is 7.89. The van der Waals surface area contributed by atoms with Gasteiger partial charge in [0.25, 0.3) is 0 Å². The van der Waals surface area contributed by atoms with Crippen LogP contribution in [0.1, 0.15) is 30.9 Å². The molecule has 0 atom stereocenters. The summed E-state index contributed by atoms with van der Waals surface area (Å²) in [6.07, 6.45) is -2.79. The Kier molecular flexibility index (Phi) is 5.08. The SMILES string of the molecule is Cc1cc(C(F)(F)F)ccc1S(=O)(=O)NCC1(C)CCNCC1. The Morgan fingerprint density at radius 1 is 1.26 bits per heavy atom. The van der Waals surface area contributed by atoms with Gasteiger partial charge >= 0.3 is 6.18 Å². The monoisotopic (exact) mass is 350 g/mol. The summed E-state index contributed by atoms with van der Waals surface area (Å²) in [6.45, 7) is 5.32. The van der Waals surface area contributed by atoms with Crippen LogP contribution in [0.25, 0.3) is 0 Å². The Morgan fingerprint density at radius 3 is 2.39 bits per heavy atom. The number of benzene rings is 1. The van der Waals surface area contributed by atoms with Gasteiger partial charge in [0.1, 0.15) is 0 Å². The van der Waals surface area contributed by atoms with E-state index in [-0.39, 0.29) is 22.4 Å². The lowest BCUT2D eigenvalue weighted by molar-refractivity contribution is -0.137. The molecule has 0 unspecified atom stereocenters. The van der Waals surface area contributed by atoms with E-state index in [0.29, 0.717) is 0 Å². The lowest BCUT2D eigenvalue weighted by Gasteiger charge is -2.34. The molecule has 1 aromatic carbocycles. The van der Waals surface area contributed by atoms with Crippen LogP contribution < -0.4 is 10.0 Å². The highest BCUT2D eigenvalue weighted by Gasteiger charge is 2.32. The third-order valence-electron chi connectivity index (χ3n) is 4.29. The Morgan fingerprint density at radius 2 is 1.87 bits per heavy atom. The number of hydrogen-bond donors (Lipinski definition) is 2. The molecule has 2 N–H and O–H groups in total. The molecule has 0 spiro atoms. The first-order valence-electron chi connectivity index (χ1n) is 7.42. The zero-order valence-electron chi connectivity index (χ0n) is 13.1. The fraction of sp³-hybridized carbons (Fsp3) is 0.600. The number of halogens is 3. The molecule has 1 saturated heterocycles. The second kappa shape index (κ2) is 6.41. The summed E-state index contributed by atoms with van der Waals surface area (Å²) in [7, 11) is -3.83. The summed E-state index contributed by atoms with van der Waals surface area (Å²) in [5, 5.41) is 3.21. The quantitative estimate of drug-likeness (QED) is 0.878. The molecule has 23 heavy (non-hydrogen) atoms. The van der Waals surface area contributed by atoms with Crippen LogP contribution in [0.3, 0.4) is 0 Å². The molecule has 8 heteroatoms. The molecule has 1 aliphatic heterocycles. The van der Waals surface area contributed by atoms with Crippen LogP contribution in [0.5, 0.6) is 0 Å². The molecule has 1 fully saturated rings. The molecular formula is C15H21F3N2O2S. The first-order chi connectivity index (χ1) is 10.5. The summed E-state index contributed by atoms with van der Waals surface area (Å²) in [6, 6.07) is 2.68. The van der Waals surface area contributed by atoms with Gasteiger partial charge in [-0.25, -0.2) is 13.1 Å². The first-order valence-corrected chi connectivity index (χ1v) is 8.90. The Hall–Kier alpha value is -1.12.